The predicted molar refractivity (Wildman–Crippen MR) is 135 cm³/mol. The van der Waals surface area contributed by atoms with Crippen LogP contribution in [0.3, 0.4) is 0 Å². The smallest absolute Gasteiger partial charge is 0.186 e. The number of hydrogen-bond acceptors (Lipinski definition) is 7. The average molecular weight is 498 g/mol. The van der Waals surface area contributed by atoms with Crippen molar-refractivity contribution >= 4 is 51.5 Å². The summed E-state index contributed by atoms with van der Waals surface area (Å²) >= 11 is 1.80. The van der Waals surface area contributed by atoms with Gasteiger partial charge in [-0.25, -0.2) is 4.98 Å². The molecule has 0 radical (unpaired) electrons. The number of para-hydroxylation sites is 1. The van der Waals surface area contributed by atoms with Crippen molar-refractivity contribution in [1.82, 2.24) is 9.88 Å². The molecule has 2 aliphatic rings. The van der Waals surface area contributed by atoms with Crippen LogP contribution in [0.5, 0.6) is 17.2 Å². The molecule has 0 aliphatic carbocycles. The highest BCUT2D eigenvalue weighted by molar-refractivity contribution is 7.22. The van der Waals surface area contributed by atoms with Crippen LogP contribution in [0.1, 0.15) is 12.8 Å². The molecule has 0 saturated carbocycles. The van der Waals surface area contributed by atoms with Crippen LogP contribution in [-0.2, 0) is 0 Å². The summed E-state index contributed by atoms with van der Waals surface area (Å²) in [5, 5.41) is 1.15. The molecule has 3 aromatic rings. The molecule has 5 rings (SSSR count). The molecule has 6 nitrogen and oxygen atoms in total. The molecule has 32 heavy (non-hydrogen) atoms. The molecule has 0 N–H and O–H groups in total. The second-order valence-electron chi connectivity index (χ2n) is 8.03. The highest BCUT2D eigenvalue weighted by Gasteiger charge is 2.28. The van der Waals surface area contributed by atoms with E-state index in [2.05, 4.69) is 41.1 Å². The van der Waals surface area contributed by atoms with E-state index in [0.717, 1.165) is 60.4 Å². The van der Waals surface area contributed by atoms with Crippen molar-refractivity contribution in [3.8, 4) is 17.2 Å². The molecule has 2 aliphatic heterocycles. The van der Waals surface area contributed by atoms with E-state index in [1.807, 2.05) is 18.2 Å². The minimum Gasteiger partial charge on any atom is -0.497 e. The van der Waals surface area contributed by atoms with Gasteiger partial charge in [-0.05, 0) is 50.1 Å². The fraction of sp³-hybridized carbons (Fsp3) is 0.435. The van der Waals surface area contributed by atoms with Gasteiger partial charge in [0.25, 0.3) is 0 Å². The Labute approximate surface area is 205 Å². The molecule has 1 fully saturated rings. The van der Waals surface area contributed by atoms with Gasteiger partial charge in [-0.1, -0.05) is 23.5 Å². The van der Waals surface area contributed by atoms with Gasteiger partial charge in [0.1, 0.15) is 12.4 Å². The van der Waals surface area contributed by atoms with Gasteiger partial charge in [0.15, 0.2) is 22.9 Å². The van der Waals surface area contributed by atoms with Crippen LogP contribution in [0.25, 0.3) is 10.2 Å². The lowest BCUT2D eigenvalue weighted by molar-refractivity contribution is -0.0234. The summed E-state index contributed by atoms with van der Waals surface area (Å²) in [4.78, 5) is 9.53. The summed E-state index contributed by atoms with van der Waals surface area (Å²) in [5.74, 6) is 2.96. The first-order valence-corrected chi connectivity index (χ1v) is 11.3. The van der Waals surface area contributed by atoms with Gasteiger partial charge >= 0.3 is 0 Å². The Morgan fingerprint density at radius 3 is 2.66 bits per heavy atom. The van der Waals surface area contributed by atoms with Crippen molar-refractivity contribution in [1.29, 1.82) is 0 Å². The minimum atomic E-state index is -0.0769. The van der Waals surface area contributed by atoms with Crippen LogP contribution >= 0.6 is 36.2 Å². The number of anilines is 1. The number of methoxy groups -OCH3 is 1. The van der Waals surface area contributed by atoms with Crippen molar-refractivity contribution < 1.29 is 14.2 Å². The molecule has 2 aromatic carbocycles. The van der Waals surface area contributed by atoms with E-state index in [0.29, 0.717) is 12.5 Å². The number of aromatic nitrogens is 1. The van der Waals surface area contributed by atoms with Gasteiger partial charge in [-0.2, -0.15) is 0 Å². The zero-order chi connectivity index (χ0) is 20.5. The number of piperidine rings is 1. The molecule has 1 unspecified atom stereocenters. The van der Waals surface area contributed by atoms with Crippen LogP contribution < -0.4 is 19.1 Å². The Balaban J connectivity index is 0.00000144. The summed E-state index contributed by atoms with van der Waals surface area (Å²) in [7, 11) is 3.79. The molecule has 0 amide bonds. The summed E-state index contributed by atoms with van der Waals surface area (Å²) in [6.45, 7) is 3.65. The Hall–Kier alpha value is -1.93. The summed E-state index contributed by atoms with van der Waals surface area (Å²) in [6, 6.07) is 14.1. The van der Waals surface area contributed by atoms with Crippen LogP contribution in [0, 0.1) is 5.92 Å². The van der Waals surface area contributed by atoms with E-state index < -0.39 is 0 Å². The largest absolute Gasteiger partial charge is 0.497 e. The molecule has 0 spiro atoms. The molecule has 174 valence electrons. The van der Waals surface area contributed by atoms with E-state index >= 15 is 0 Å². The van der Waals surface area contributed by atoms with Crippen molar-refractivity contribution in [2.24, 2.45) is 5.92 Å². The third-order valence-electron chi connectivity index (χ3n) is 6.00. The lowest BCUT2D eigenvalue weighted by atomic mass is 9.96. The van der Waals surface area contributed by atoms with E-state index in [1.165, 1.54) is 4.70 Å². The fourth-order valence-corrected chi connectivity index (χ4v) is 5.23. The number of thiazole rings is 1. The van der Waals surface area contributed by atoms with Crippen molar-refractivity contribution in [2.45, 2.75) is 19.1 Å². The molecule has 1 aromatic heterocycles. The fourth-order valence-electron chi connectivity index (χ4n) is 4.21. The second-order valence-corrected chi connectivity index (χ2v) is 9.04. The van der Waals surface area contributed by atoms with Gasteiger partial charge in [-0.3, -0.25) is 4.90 Å². The molecular weight excluding hydrogens is 469 g/mol. The van der Waals surface area contributed by atoms with Gasteiger partial charge < -0.3 is 19.1 Å². The number of benzene rings is 2. The minimum absolute atomic E-state index is 0. The number of hydrogen-bond donors (Lipinski definition) is 0. The first-order chi connectivity index (χ1) is 14.7. The Morgan fingerprint density at radius 2 is 1.91 bits per heavy atom. The third-order valence-corrected chi connectivity index (χ3v) is 7.10. The van der Waals surface area contributed by atoms with E-state index in [1.54, 1.807) is 18.4 Å². The van der Waals surface area contributed by atoms with E-state index in [9.17, 15) is 0 Å². The normalized spacial score (nSPS) is 18.2. The second kappa shape index (κ2) is 10.8. The predicted octanol–water partition coefficient (Wildman–Crippen LogP) is 5.09. The quantitative estimate of drug-likeness (QED) is 0.488. The monoisotopic (exact) mass is 497 g/mol. The SMILES string of the molecule is COc1ccc2c(c1)OC(N(C)CC1CCN(c3nc4ccccc4s3)CC1)CO2.Cl.Cl. The summed E-state index contributed by atoms with van der Waals surface area (Å²) in [5.41, 5.74) is 1.10. The topological polar surface area (TPSA) is 47.1 Å². The first kappa shape index (κ1) is 24.7. The maximum Gasteiger partial charge on any atom is 0.186 e. The maximum absolute atomic E-state index is 6.20. The molecule has 1 atom stereocenters. The number of nitrogens with zero attached hydrogens (tertiary/aromatic N) is 3. The maximum atomic E-state index is 6.20. The number of ether oxygens (including phenoxy) is 3. The van der Waals surface area contributed by atoms with Crippen molar-refractivity contribution in [2.75, 3.05) is 45.3 Å². The molecule has 0 bridgehead atoms. The molecule has 1 saturated heterocycles. The van der Waals surface area contributed by atoms with Crippen LogP contribution in [0.2, 0.25) is 0 Å². The summed E-state index contributed by atoms with van der Waals surface area (Å²) < 4.78 is 18.7. The molecular formula is C23H29Cl2N3O3S. The van der Waals surface area contributed by atoms with Crippen molar-refractivity contribution in [3.05, 3.63) is 42.5 Å². The highest BCUT2D eigenvalue weighted by atomic mass is 35.5. The van der Waals surface area contributed by atoms with Gasteiger partial charge in [0.2, 0.25) is 0 Å². The lowest BCUT2D eigenvalue weighted by Crippen LogP contribution is -2.46. The van der Waals surface area contributed by atoms with E-state index in [4.69, 9.17) is 19.2 Å². The number of fused-ring (bicyclic) bond motifs is 2. The standard InChI is InChI=1S/C23H27N3O3S.2ClH/c1-25(22-15-28-19-8-7-17(27-2)13-20(19)29-22)14-16-9-11-26(12-10-16)23-24-18-5-3-4-6-21(18)30-23;;/h3-8,13,16,22H,9-12,14-15H2,1-2H3;2*1H. The Kier molecular flexibility index (Phi) is 8.33. The number of likely N-dealkylation sites (N-methyl/N-ethyl adjacent to an activating group) is 1. The van der Waals surface area contributed by atoms with Crippen LogP contribution in [0.4, 0.5) is 5.13 Å². The third kappa shape index (κ3) is 5.17. The highest BCUT2D eigenvalue weighted by Crippen LogP contribution is 2.36. The van der Waals surface area contributed by atoms with Gasteiger partial charge in [0, 0.05) is 25.7 Å². The van der Waals surface area contributed by atoms with Crippen molar-refractivity contribution in [3.63, 3.8) is 0 Å². The Bertz CT molecular complexity index is 994. The number of rotatable bonds is 5. The zero-order valence-electron chi connectivity index (χ0n) is 18.2. The summed E-state index contributed by atoms with van der Waals surface area (Å²) in [6.07, 6.45) is 2.25. The molecule has 9 heteroatoms. The van der Waals surface area contributed by atoms with Gasteiger partial charge in [0.05, 0.1) is 17.3 Å². The molecule has 3 heterocycles. The number of halogens is 2. The zero-order valence-corrected chi connectivity index (χ0v) is 20.7. The first-order valence-electron chi connectivity index (χ1n) is 10.5. The average Bonchev–Trinajstić information content (AvgIpc) is 3.23. The Morgan fingerprint density at radius 1 is 1.12 bits per heavy atom. The van der Waals surface area contributed by atoms with E-state index in [-0.39, 0.29) is 31.0 Å². The van der Waals surface area contributed by atoms with Gasteiger partial charge in [-0.15, -0.1) is 24.8 Å². The lowest BCUT2D eigenvalue weighted by Gasteiger charge is -2.37. The van der Waals surface area contributed by atoms with Crippen LogP contribution in [-0.4, -0.2) is 56.5 Å². The van der Waals surface area contributed by atoms with Crippen LogP contribution in [0.15, 0.2) is 42.5 Å².